The molecule has 0 spiro atoms. The summed E-state index contributed by atoms with van der Waals surface area (Å²) in [6.07, 6.45) is 4.14. The Kier molecular flexibility index (Phi) is 7.64. The average Bonchev–Trinajstić information content (AvgIpc) is 2.70. The molecule has 1 aliphatic heterocycles. The number of hydrogen-bond donors (Lipinski definition) is 2. The highest BCUT2D eigenvalue weighted by molar-refractivity contribution is 5.90. The van der Waals surface area contributed by atoms with Gasteiger partial charge in [0.2, 0.25) is 0 Å². The number of hydrogen-bond acceptors (Lipinski definition) is 6. The lowest BCUT2D eigenvalue weighted by atomic mass is 9.90. The van der Waals surface area contributed by atoms with Crippen LogP contribution in [0.5, 0.6) is 5.75 Å². The first-order chi connectivity index (χ1) is 13.8. The minimum absolute atomic E-state index is 0.00612. The molecule has 29 heavy (non-hydrogen) atoms. The molecule has 2 unspecified atom stereocenters. The molecule has 0 saturated carbocycles. The van der Waals surface area contributed by atoms with E-state index in [2.05, 4.69) is 11.6 Å². The molecule has 0 saturated heterocycles. The van der Waals surface area contributed by atoms with E-state index in [4.69, 9.17) is 25.7 Å². The van der Waals surface area contributed by atoms with Gasteiger partial charge in [-0.25, -0.2) is 9.79 Å². The van der Waals surface area contributed by atoms with Crippen molar-refractivity contribution in [2.45, 2.75) is 57.3 Å². The summed E-state index contributed by atoms with van der Waals surface area (Å²) in [5.41, 5.74) is 11.1. The van der Waals surface area contributed by atoms with Crippen LogP contribution < -0.4 is 16.2 Å². The summed E-state index contributed by atoms with van der Waals surface area (Å²) in [5, 5.41) is 0. The Bertz CT molecular complexity index is 789. The van der Waals surface area contributed by atoms with Gasteiger partial charge in [-0.15, -0.1) is 6.58 Å². The number of rotatable bonds is 9. The van der Waals surface area contributed by atoms with Gasteiger partial charge >= 0.3 is 11.9 Å². The van der Waals surface area contributed by atoms with Crippen LogP contribution in [0.2, 0.25) is 0 Å². The lowest BCUT2D eigenvalue weighted by Crippen LogP contribution is -2.37. The zero-order valence-electron chi connectivity index (χ0n) is 17.0. The van der Waals surface area contributed by atoms with E-state index < -0.39 is 23.8 Å². The second-order valence-corrected chi connectivity index (χ2v) is 6.99. The Balaban J connectivity index is 2.19. The van der Waals surface area contributed by atoms with Crippen LogP contribution in [0.4, 0.5) is 0 Å². The van der Waals surface area contributed by atoms with Crippen molar-refractivity contribution in [1.29, 1.82) is 0 Å². The van der Waals surface area contributed by atoms with E-state index in [1.54, 1.807) is 24.3 Å². The zero-order chi connectivity index (χ0) is 21.4. The predicted molar refractivity (Wildman–Crippen MR) is 109 cm³/mol. The second-order valence-electron chi connectivity index (χ2n) is 6.99. The lowest BCUT2D eigenvalue weighted by Gasteiger charge is -2.31. The van der Waals surface area contributed by atoms with Crippen molar-refractivity contribution in [1.82, 2.24) is 0 Å². The van der Waals surface area contributed by atoms with Gasteiger partial charge in [-0.3, -0.25) is 4.79 Å². The normalized spacial score (nSPS) is 17.1. The van der Waals surface area contributed by atoms with Gasteiger partial charge in [-0.1, -0.05) is 13.0 Å². The van der Waals surface area contributed by atoms with Crippen molar-refractivity contribution in [2.75, 3.05) is 7.11 Å². The number of aryl methyl sites for hydroxylation is 1. The minimum Gasteiger partial charge on any atom is -0.469 e. The summed E-state index contributed by atoms with van der Waals surface area (Å²) < 4.78 is 16.4. The third kappa shape index (κ3) is 5.97. The Hall–Kier alpha value is -3.03. The van der Waals surface area contributed by atoms with E-state index >= 15 is 0 Å². The van der Waals surface area contributed by atoms with Crippen molar-refractivity contribution >= 4 is 17.9 Å². The van der Waals surface area contributed by atoms with E-state index in [9.17, 15) is 9.59 Å². The average molecular weight is 403 g/mol. The lowest BCUT2D eigenvalue weighted by molar-refractivity contribution is -0.146. The number of carbonyl (C=O) groups is 2. The first kappa shape index (κ1) is 22.3. The number of carbonyl (C=O) groups excluding carboxylic acids is 2. The largest absolute Gasteiger partial charge is 0.469 e. The molecule has 8 nitrogen and oxygen atoms in total. The topological polar surface area (TPSA) is 126 Å². The predicted octanol–water partition coefficient (Wildman–Crippen LogP) is 2.45. The number of benzene rings is 1. The van der Waals surface area contributed by atoms with E-state index in [1.807, 2.05) is 6.92 Å². The van der Waals surface area contributed by atoms with Gasteiger partial charge in [0.1, 0.15) is 11.4 Å². The monoisotopic (exact) mass is 403 g/mol. The molecule has 0 fully saturated rings. The van der Waals surface area contributed by atoms with Gasteiger partial charge in [0.25, 0.3) is 0 Å². The molecule has 1 aromatic rings. The smallest absolute Gasteiger partial charge is 0.338 e. The summed E-state index contributed by atoms with van der Waals surface area (Å²) in [5.74, 6) is -0.312. The molecule has 8 heteroatoms. The van der Waals surface area contributed by atoms with Crippen molar-refractivity contribution in [3.63, 3.8) is 0 Å². The molecule has 4 N–H and O–H groups in total. The molecule has 0 aliphatic carbocycles. The van der Waals surface area contributed by atoms with Crippen LogP contribution in [0.15, 0.2) is 35.8 Å². The van der Waals surface area contributed by atoms with Gasteiger partial charge in [0.15, 0.2) is 12.2 Å². The molecule has 0 amide bonds. The number of aliphatic imine (C=N–C) groups is 1. The molecule has 0 aromatic heterocycles. The van der Waals surface area contributed by atoms with Crippen LogP contribution in [-0.4, -0.2) is 36.8 Å². The van der Waals surface area contributed by atoms with Crippen molar-refractivity contribution in [3.8, 4) is 5.75 Å². The number of esters is 2. The van der Waals surface area contributed by atoms with Crippen molar-refractivity contribution in [3.05, 3.63) is 42.0 Å². The Morgan fingerprint density at radius 2 is 2.17 bits per heavy atom. The number of fused-ring (bicyclic) bond motifs is 1. The van der Waals surface area contributed by atoms with E-state index in [0.717, 1.165) is 5.56 Å². The SMILES string of the molecule is C=CCCC(CC)(CC(=O)OC)OC(=O)c1ccc2c(c1)CCC(N=C(N)N)O2. The maximum Gasteiger partial charge on any atom is 0.338 e. The molecular weight excluding hydrogens is 374 g/mol. The van der Waals surface area contributed by atoms with Crippen molar-refractivity contribution in [2.24, 2.45) is 16.5 Å². The molecule has 1 aliphatic rings. The summed E-state index contributed by atoms with van der Waals surface area (Å²) in [4.78, 5) is 28.8. The fourth-order valence-corrected chi connectivity index (χ4v) is 3.26. The molecular formula is C21H29N3O5. The first-order valence-electron chi connectivity index (χ1n) is 9.62. The molecule has 1 aromatic carbocycles. The van der Waals surface area contributed by atoms with E-state index in [-0.39, 0.29) is 12.4 Å². The fourth-order valence-electron chi connectivity index (χ4n) is 3.26. The Morgan fingerprint density at radius 3 is 2.79 bits per heavy atom. The van der Waals surface area contributed by atoms with Crippen LogP contribution in [0.3, 0.4) is 0 Å². The van der Waals surface area contributed by atoms with Gasteiger partial charge in [-0.2, -0.15) is 0 Å². The molecule has 2 rings (SSSR count). The number of nitrogens with two attached hydrogens (primary N) is 2. The molecule has 1 heterocycles. The standard InChI is InChI=1S/C21H29N3O5/c1-4-6-11-21(5-2,13-18(25)27-3)29-19(26)15-7-9-16-14(12-15)8-10-17(28-16)24-20(22)23/h4,7,9,12,17H,1,5-6,8,10-11,13H2,2-3H3,(H4,22,23,24). The number of ether oxygens (including phenoxy) is 3. The first-order valence-corrected chi connectivity index (χ1v) is 9.62. The summed E-state index contributed by atoms with van der Waals surface area (Å²) in [6, 6.07) is 5.08. The maximum atomic E-state index is 12.9. The Labute approximate surface area is 170 Å². The molecule has 0 radical (unpaired) electrons. The molecule has 2 atom stereocenters. The highest BCUT2D eigenvalue weighted by Crippen LogP contribution is 2.32. The van der Waals surface area contributed by atoms with Gasteiger partial charge in [0, 0.05) is 6.42 Å². The second kappa shape index (κ2) is 9.95. The van der Waals surface area contributed by atoms with Crippen LogP contribution in [0, 0.1) is 0 Å². The molecule has 158 valence electrons. The zero-order valence-corrected chi connectivity index (χ0v) is 17.0. The fraction of sp³-hybridized carbons (Fsp3) is 0.476. The third-order valence-corrected chi connectivity index (χ3v) is 4.96. The quantitative estimate of drug-likeness (QED) is 0.281. The van der Waals surface area contributed by atoms with E-state index in [0.29, 0.717) is 43.4 Å². The van der Waals surface area contributed by atoms with Gasteiger partial charge < -0.3 is 25.7 Å². The summed E-state index contributed by atoms with van der Waals surface area (Å²) >= 11 is 0. The highest BCUT2D eigenvalue weighted by atomic mass is 16.6. The maximum absolute atomic E-state index is 12.9. The number of methoxy groups -OCH3 is 1. The third-order valence-electron chi connectivity index (χ3n) is 4.96. The van der Waals surface area contributed by atoms with E-state index in [1.165, 1.54) is 7.11 Å². The van der Waals surface area contributed by atoms with Crippen LogP contribution >= 0.6 is 0 Å². The number of nitrogens with zero attached hydrogens (tertiary/aromatic N) is 1. The van der Waals surface area contributed by atoms with Gasteiger partial charge in [-0.05, 0) is 49.4 Å². The Morgan fingerprint density at radius 1 is 1.41 bits per heavy atom. The van der Waals surface area contributed by atoms with Gasteiger partial charge in [0.05, 0.1) is 19.1 Å². The van der Waals surface area contributed by atoms with Crippen LogP contribution in [-0.2, 0) is 20.7 Å². The highest BCUT2D eigenvalue weighted by Gasteiger charge is 2.35. The summed E-state index contributed by atoms with van der Waals surface area (Å²) in [7, 11) is 1.32. The van der Waals surface area contributed by atoms with Crippen molar-refractivity contribution < 1.29 is 23.8 Å². The van der Waals surface area contributed by atoms with Crippen LogP contribution in [0.1, 0.15) is 54.9 Å². The number of allylic oxidation sites excluding steroid dienone is 1. The van der Waals surface area contributed by atoms with Crippen LogP contribution in [0.25, 0.3) is 0 Å². The molecule has 0 bridgehead atoms. The number of guanidine groups is 1. The minimum atomic E-state index is -0.941. The summed E-state index contributed by atoms with van der Waals surface area (Å²) in [6.45, 7) is 5.59.